The average Bonchev–Trinajstić information content (AvgIpc) is 3.37. The van der Waals surface area contributed by atoms with Gasteiger partial charge < -0.3 is 9.84 Å². The van der Waals surface area contributed by atoms with Gasteiger partial charge in [-0.05, 0) is 30.9 Å². The number of pyridine rings is 1. The second kappa shape index (κ2) is 6.99. The molecular weight excluding hydrogens is 352 g/mol. The van der Waals surface area contributed by atoms with E-state index in [0.717, 1.165) is 24.2 Å². The summed E-state index contributed by atoms with van der Waals surface area (Å²) in [6.07, 6.45) is 5.65. The molecule has 3 aromatic rings. The van der Waals surface area contributed by atoms with Crippen LogP contribution < -0.4 is 5.32 Å². The molecule has 0 saturated heterocycles. The average molecular weight is 371 g/mol. The third-order valence-electron chi connectivity index (χ3n) is 4.25. The monoisotopic (exact) mass is 370 g/mol. The minimum atomic E-state index is -0.189. The quantitative estimate of drug-likeness (QED) is 0.648. The first-order valence-electron chi connectivity index (χ1n) is 8.65. The van der Waals surface area contributed by atoms with E-state index in [1.807, 2.05) is 12.1 Å². The van der Waals surface area contributed by atoms with Crippen molar-refractivity contribution in [3.63, 3.8) is 0 Å². The van der Waals surface area contributed by atoms with E-state index in [2.05, 4.69) is 44.3 Å². The SMILES string of the molecule is CC(C)C(Nc1cc(Cl)nc(C2CC2)n1)c1nc(-c2cccnc2)no1. The largest absolute Gasteiger partial charge is 0.358 e. The number of rotatable bonds is 6. The Labute approximate surface area is 156 Å². The van der Waals surface area contributed by atoms with Crippen LogP contribution >= 0.6 is 11.6 Å². The van der Waals surface area contributed by atoms with Gasteiger partial charge in [0, 0.05) is 29.9 Å². The first-order valence-corrected chi connectivity index (χ1v) is 9.03. The van der Waals surface area contributed by atoms with Crippen LogP contribution in [-0.4, -0.2) is 25.1 Å². The van der Waals surface area contributed by atoms with Gasteiger partial charge in [-0.2, -0.15) is 4.98 Å². The zero-order valence-electron chi connectivity index (χ0n) is 14.6. The van der Waals surface area contributed by atoms with E-state index in [-0.39, 0.29) is 12.0 Å². The molecule has 0 amide bonds. The Hall–Kier alpha value is -2.54. The summed E-state index contributed by atoms with van der Waals surface area (Å²) in [5.41, 5.74) is 0.811. The van der Waals surface area contributed by atoms with Crippen LogP contribution in [0.25, 0.3) is 11.4 Å². The van der Waals surface area contributed by atoms with Crippen molar-refractivity contribution in [1.29, 1.82) is 0 Å². The Kier molecular flexibility index (Phi) is 4.55. The maximum atomic E-state index is 6.17. The Balaban J connectivity index is 1.60. The van der Waals surface area contributed by atoms with E-state index >= 15 is 0 Å². The lowest BCUT2D eigenvalue weighted by atomic mass is 10.0. The van der Waals surface area contributed by atoms with Crippen molar-refractivity contribution in [2.45, 2.75) is 38.6 Å². The van der Waals surface area contributed by atoms with Crippen LogP contribution in [0.15, 0.2) is 35.1 Å². The molecule has 1 saturated carbocycles. The van der Waals surface area contributed by atoms with Crippen LogP contribution in [0, 0.1) is 5.92 Å². The summed E-state index contributed by atoms with van der Waals surface area (Å²) in [6.45, 7) is 4.16. The van der Waals surface area contributed by atoms with E-state index in [1.54, 1.807) is 18.5 Å². The molecular formula is C18H19ClN6O. The molecule has 134 valence electrons. The van der Waals surface area contributed by atoms with E-state index in [4.69, 9.17) is 16.1 Å². The highest BCUT2D eigenvalue weighted by molar-refractivity contribution is 6.29. The molecule has 1 aliphatic carbocycles. The summed E-state index contributed by atoms with van der Waals surface area (Å²) >= 11 is 6.17. The van der Waals surface area contributed by atoms with Gasteiger partial charge >= 0.3 is 0 Å². The van der Waals surface area contributed by atoms with Crippen LogP contribution in [0.5, 0.6) is 0 Å². The highest BCUT2D eigenvalue weighted by atomic mass is 35.5. The first-order chi connectivity index (χ1) is 12.6. The number of aromatic nitrogens is 5. The number of hydrogen-bond donors (Lipinski definition) is 1. The molecule has 8 heteroatoms. The van der Waals surface area contributed by atoms with Crippen molar-refractivity contribution in [3.05, 3.63) is 47.5 Å². The Morgan fingerprint density at radius 3 is 2.77 bits per heavy atom. The predicted molar refractivity (Wildman–Crippen MR) is 97.7 cm³/mol. The minimum absolute atomic E-state index is 0.189. The van der Waals surface area contributed by atoms with Gasteiger partial charge in [0.15, 0.2) is 0 Å². The van der Waals surface area contributed by atoms with Gasteiger partial charge in [-0.3, -0.25) is 4.98 Å². The highest BCUT2D eigenvalue weighted by Crippen LogP contribution is 2.39. The van der Waals surface area contributed by atoms with Crippen LogP contribution in [0.4, 0.5) is 5.82 Å². The highest BCUT2D eigenvalue weighted by Gasteiger charge is 2.28. The summed E-state index contributed by atoms with van der Waals surface area (Å²) in [5, 5.41) is 7.89. The fraction of sp³-hybridized carbons (Fsp3) is 0.389. The summed E-state index contributed by atoms with van der Waals surface area (Å²) in [4.78, 5) is 17.5. The van der Waals surface area contributed by atoms with Crippen molar-refractivity contribution in [1.82, 2.24) is 25.1 Å². The number of halogens is 1. The topological polar surface area (TPSA) is 89.6 Å². The molecule has 0 radical (unpaired) electrons. The summed E-state index contributed by atoms with van der Waals surface area (Å²) < 4.78 is 5.51. The third-order valence-corrected chi connectivity index (χ3v) is 4.45. The molecule has 26 heavy (non-hydrogen) atoms. The fourth-order valence-corrected chi connectivity index (χ4v) is 2.87. The standard InChI is InChI=1S/C18H19ClN6O/c1-10(2)15(18-24-17(25-26-18)12-4-3-7-20-9-12)22-14-8-13(19)21-16(23-14)11-5-6-11/h3-4,7-11,15H,5-6H2,1-2H3,(H,21,22,23). The van der Waals surface area contributed by atoms with E-state index < -0.39 is 0 Å². The van der Waals surface area contributed by atoms with Gasteiger partial charge in [0.2, 0.25) is 11.7 Å². The minimum Gasteiger partial charge on any atom is -0.358 e. The molecule has 1 aliphatic rings. The number of anilines is 1. The van der Waals surface area contributed by atoms with Gasteiger partial charge in [-0.15, -0.1) is 0 Å². The lowest BCUT2D eigenvalue weighted by Gasteiger charge is -2.19. The number of nitrogens with zero attached hydrogens (tertiary/aromatic N) is 5. The lowest BCUT2D eigenvalue weighted by Crippen LogP contribution is -2.18. The Morgan fingerprint density at radius 2 is 2.08 bits per heavy atom. The van der Waals surface area contributed by atoms with Crippen molar-refractivity contribution < 1.29 is 4.52 Å². The molecule has 3 aromatic heterocycles. The van der Waals surface area contributed by atoms with Crippen LogP contribution in [0.1, 0.15) is 50.4 Å². The molecule has 1 fully saturated rings. The van der Waals surface area contributed by atoms with Crippen molar-refractivity contribution in [3.8, 4) is 11.4 Å². The molecule has 0 bridgehead atoms. The molecule has 7 nitrogen and oxygen atoms in total. The molecule has 0 aromatic carbocycles. The number of nitrogens with one attached hydrogen (secondary N) is 1. The van der Waals surface area contributed by atoms with Gasteiger partial charge in [0.1, 0.15) is 22.8 Å². The van der Waals surface area contributed by atoms with E-state index in [9.17, 15) is 0 Å². The smallest absolute Gasteiger partial charge is 0.249 e. The maximum Gasteiger partial charge on any atom is 0.249 e. The van der Waals surface area contributed by atoms with Crippen LogP contribution in [-0.2, 0) is 0 Å². The lowest BCUT2D eigenvalue weighted by molar-refractivity contribution is 0.335. The summed E-state index contributed by atoms with van der Waals surface area (Å²) in [7, 11) is 0. The molecule has 1 N–H and O–H groups in total. The van der Waals surface area contributed by atoms with Gasteiger partial charge in [0.05, 0.1) is 0 Å². The molecule has 1 atom stereocenters. The molecule has 0 aliphatic heterocycles. The third kappa shape index (κ3) is 3.67. The van der Waals surface area contributed by atoms with Crippen molar-refractivity contribution in [2.75, 3.05) is 5.32 Å². The van der Waals surface area contributed by atoms with E-state index in [1.165, 1.54) is 0 Å². The molecule has 1 unspecified atom stereocenters. The Bertz CT molecular complexity index is 894. The van der Waals surface area contributed by atoms with Crippen LogP contribution in [0.2, 0.25) is 5.15 Å². The van der Waals surface area contributed by atoms with Crippen LogP contribution in [0.3, 0.4) is 0 Å². The zero-order valence-corrected chi connectivity index (χ0v) is 15.3. The second-order valence-electron chi connectivity index (χ2n) is 6.77. The summed E-state index contributed by atoms with van der Waals surface area (Å²) in [5.74, 6) is 3.11. The molecule has 4 rings (SSSR count). The van der Waals surface area contributed by atoms with E-state index in [0.29, 0.717) is 28.6 Å². The first kappa shape index (κ1) is 16.9. The zero-order chi connectivity index (χ0) is 18.1. The fourth-order valence-electron chi connectivity index (χ4n) is 2.68. The second-order valence-corrected chi connectivity index (χ2v) is 7.16. The molecule has 0 spiro atoms. The van der Waals surface area contributed by atoms with Crippen molar-refractivity contribution >= 4 is 17.4 Å². The normalized spacial score (nSPS) is 15.2. The Morgan fingerprint density at radius 1 is 1.23 bits per heavy atom. The van der Waals surface area contributed by atoms with Gasteiger partial charge in [-0.1, -0.05) is 30.6 Å². The molecule has 3 heterocycles. The van der Waals surface area contributed by atoms with Crippen molar-refractivity contribution in [2.24, 2.45) is 5.92 Å². The number of hydrogen-bond acceptors (Lipinski definition) is 7. The van der Waals surface area contributed by atoms with Gasteiger partial charge in [-0.25, -0.2) is 9.97 Å². The predicted octanol–water partition coefficient (Wildman–Crippen LogP) is 4.26. The summed E-state index contributed by atoms with van der Waals surface area (Å²) in [6, 6.07) is 5.27. The van der Waals surface area contributed by atoms with Gasteiger partial charge in [0.25, 0.3) is 0 Å². The maximum absolute atomic E-state index is 6.17.